The predicted molar refractivity (Wildman–Crippen MR) is 311 cm³/mol. The normalized spacial score (nSPS) is 15.2. The number of aromatic nitrogens is 4. The summed E-state index contributed by atoms with van der Waals surface area (Å²) in [7, 11) is 2.72. The molecule has 1 unspecified atom stereocenters. The summed E-state index contributed by atoms with van der Waals surface area (Å²) in [4.78, 5) is 167. The van der Waals surface area contributed by atoms with Crippen LogP contribution >= 0.6 is 0 Å². The quantitative estimate of drug-likeness (QED) is 0.0954. The molecule has 0 aliphatic carbocycles. The molecule has 9 rings (SSSR count). The van der Waals surface area contributed by atoms with Crippen molar-refractivity contribution in [1.82, 2.24) is 55.0 Å². The number of carbonyl (C=O) groups excluding carboxylic acids is 7. The van der Waals surface area contributed by atoms with E-state index in [1.165, 1.54) is 78.5 Å². The molecule has 0 fully saturated rings. The number of pyridine rings is 4. The molecular formula is C60H69N11O14. The fourth-order valence-corrected chi connectivity index (χ4v) is 9.18. The maximum absolute atomic E-state index is 14.9. The molecule has 6 aromatic rings. The molecule has 4 aromatic heterocycles. The summed E-state index contributed by atoms with van der Waals surface area (Å²) in [6.45, 7) is 1.43. The van der Waals surface area contributed by atoms with Crippen molar-refractivity contribution in [2.75, 3.05) is 65.6 Å². The molecule has 25 nitrogen and oxygen atoms in total. The Labute approximate surface area is 488 Å². The van der Waals surface area contributed by atoms with Gasteiger partial charge in [0.25, 0.3) is 57.7 Å². The average Bonchev–Trinajstić information content (AvgIpc) is 3.39. The van der Waals surface area contributed by atoms with Crippen molar-refractivity contribution in [2.45, 2.75) is 58.3 Å². The van der Waals surface area contributed by atoms with Gasteiger partial charge in [0.15, 0.2) is 0 Å². The first kappa shape index (κ1) is 62.7. The van der Waals surface area contributed by atoms with Crippen molar-refractivity contribution in [3.8, 4) is 0 Å². The Bertz CT molecular complexity index is 3600. The van der Waals surface area contributed by atoms with Crippen molar-refractivity contribution in [1.29, 1.82) is 0 Å². The van der Waals surface area contributed by atoms with Gasteiger partial charge < -0.3 is 59.9 Å². The highest BCUT2D eigenvalue weighted by Gasteiger charge is 2.32. The lowest BCUT2D eigenvalue weighted by atomic mass is 10.1. The second-order valence-corrected chi connectivity index (χ2v) is 19.7. The number of benzene rings is 2. The van der Waals surface area contributed by atoms with E-state index in [4.69, 9.17) is 14.4 Å². The number of carbonyl (C=O) groups is 7. The molecule has 7 amide bonds. The summed E-state index contributed by atoms with van der Waals surface area (Å²) in [5.41, 5.74) is -2.87. The Kier molecular flexibility index (Phi) is 22.8. The van der Waals surface area contributed by atoms with Crippen LogP contribution in [0.5, 0.6) is 0 Å². The molecule has 5 N–H and O–H groups in total. The first-order valence-electron chi connectivity index (χ1n) is 27.9. The third kappa shape index (κ3) is 16.6. The summed E-state index contributed by atoms with van der Waals surface area (Å²) < 4.78 is 9.34. The van der Waals surface area contributed by atoms with Gasteiger partial charge in [-0.05, 0) is 79.6 Å². The van der Waals surface area contributed by atoms with Gasteiger partial charge in [-0.3, -0.25) is 52.7 Å². The number of nitrogens with one attached hydrogen (secondary N) is 5. The summed E-state index contributed by atoms with van der Waals surface area (Å²) in [5.74, 6) is -5.11. The fraction of sp³-hybridized carbons (Fsp3) is 0.350. The van der Waals surface area contributed by atoms with E-state index in [2.05, 4.69) is 26.6 Å². The van der Waals surface area contributed by atoms with Gasteiger partial charge in [-0.1, -0.05) is 79.7 Å². The van der Waals surface area contributed by atoms with Crippen LogP contribution in [0.25, 0.3) is 0 Å². The van der Waals surface area contributed by atoms with Crippen LogP contribution in [0, 0.1) is 0 Å². The lowest BCUT2D eigenvalue weighted by molar-refractivity contribution is -0.126. The minimum atomic E-state index is -1.28. The molecule has 2 aromatic carbocycles. The molecule has 4 bridgehead atoms. The number of nitrogens with zero attached hydrogens (tertiary/aromatic N) is 6. The van der Waals surface area contributed by atoms with Gasteiger partial charge in [0.05, 0.1) is 6.61 Å². The van der Waals surface area contributed by atoms with E-state index in [1.54, 1.807) is 54.6 Å². The van der Waals surface area contributed by atoms with Gasteiger partial charge in [0, 0.05) is 85.2 Å². The monoisotopic (exact) mass is 1170 g/mol. The maximum atomic E-state index is 14.9. The standard InChI is InChI=1S/C60H69N11O14/c1-4-37-83-38-33-65-55(77)46-22-13-34-68(59(81)49-21-12-24-51(73)70(49)84-39-41-16-7-5-8-17-41)35-14-29-61-52(74)43-25-27-45(67(3)57(43)79)54(76)63-31-32-64-56(78)47-28-26-44(58(80)71(47)85-40-42-18-9-6-10-19-42)53(75)62-30-15-36-69(46)60(82)48-20-11-23-50(72)66(48)2/h5-12,16-21,23-28,46H,4,13-15,22,29-40H2,1-3H3,(H,61,74)(H,62,75)(H,63,76)(H,64,78)(H,65,77). The Hall–Kier alpha value is -9.91. The SMILES string of the molecule is CCCOCCNC(=O)C1CCCN(C(=O)c2cccc(=O)n2OCc2ccccc2)CCCNC(=O)c2ccc(n(C)c2=O)C(=O)NCCNC(=O)c2ccc(c(=O)n2OCc2ccccc2)C(=O)NCCCN1C(=O)c1cccc(=O)n1C. The van der Waals surface area contributed by atoms with Crippen LogP contribution in [0.15, 0.2) is 141 Å². The fourth-order valence-electron chi connectivity index (χ4n) is 9.18. The molecule has 1 atom stereocenters. The van der Waals surface area contributed by atoms with Gasteiger partial charge in [0.2, 0.25) is 5.91 Å². The zero-order chi connectivity index (χ0) is 60.8. The van der Waals surface area contributed by atoms with E-state index < -0.39 is 75.2 Å². The zero-order valence-electron chi connectivity index (χ0n) is 47.5. The topological polar surface area (TPSA) is 302 Å². The minimum absolute atomic E-state index is 0.00169. The Balaban J connectivity index is 1.24. The van der Waals surface area contributed by atoms with Crippen molar-refractivity contribution in [3.05, 3.63) is 208 Å². The Morgan fingerprint density at radius 1 is 0.518 bits per heavy atom. The highest BCUT2D eigenvalue weighted by Crippen LogP contribution is 2.17. The number of hydrogen-bond donors (Lipinski definition) is 5. The third-order valence-corrected chi connectivity index (χ3v) is 13.7. The Morgan fingerprint density at radius 3 is 1.69 bits per heavy atom. The zero-order valence-corrected chi connectivity index (χ0v) is 47.5. The molecule has 0 saturated heterocycles. The number of amides is 7. The van der Waals surface area contributed by atoms with Gasteiger partial charge in [0.1, 0.15) is 53.2 Å². The Morgan fingerprint density at radius 2 is 1.06 bits per heavy atom. The van der Waals surface area contributed by atoms with E-state index in [0.29, 0.717) is 22.5 Å². The van der Waals surface area contributed by atoms with Crippen molar-refractivity contribution >= 4 is 41.4 Å². The van der Waals surface area contributed by atoms with Crippen LogP contribution in [0.1, 0.15) is 113 Å². The smallest absolute Gasteiger partial charge is 0.296 e. The van der Waals surface area contributed by atoms with Crippen LogP contribution in [0.4, 0.5) is 0 Å². The van der Waals surface area contributed by atoms with Crippen molar-refractivity contribution < 1.29 is 48.0 Å². The van der Waals surface area contributed by atoms with E-state index in [0.717, 1.165) is 26.4 Å². The highest BCUT2D eigenvalue weighted by molar-refractivity contribution is 5.98. The van der Waals surface area contributed by atoms with Gasteiger partial charge in [-0.2, -0.15) is 0 Å². The molecule has 85 heavy (non-hydrogen) atoms. The second-order valence-electron chi connectivity index (χ2n) is 19.7. The number of rotatable bonds is 14. The lowest BCUT2D eigenvalue weighted by Gasteiger charge is -2.32. The van der Waals surface area contributed by atoms with Crippen molar-refractivity contribution in [2.24, 2.45) is 14.1 Å². The van der Waals surface area contributed by atoms with Crippen LogP contribution in [-0.2, 0) is 36.8 Å². The second kappa shape index (κ2) is 30.9. The minimum Gasteiger partial charge on any atom is -0.405 e. The molecule has 0 saturated carbocycles. The molecule has 3 aliphatic heterocycles. The average molecular weight is 1170 g/mol. The van der Waals surface area contributed by atoms with E-state index in [-0.39, 0.29) is 126 Å². The van der Waals surface area contributed by atoms with E-state index in [9.17, 15) is 52.7 Å². The van der Waals surface area contributed by atoms with Crippen molar-refractivity contribution in [3.63, 3.8) is 0 Å². The first-order valence-corrected chi connectivity index (χ1v) is 27.9. The summed E-state index contributed by atoms with van der Waals surface area (Å²) in [5, 5.41) is 13.5. The molecule has 448 valence electrons. The van der Waals surface area contributed by atoms with Crippen LogP contribution in [0.3, 0.4) is 0 Å². The maximum Gasteiger partial charge on any atom is 0.296 e. The third-order valence-electron chi connectivity index (χ3n) is 13.7. The molecular weight excluding hydrogens is 1100 g/mol. The summed E-state index contributed by atoms with van der Waals surface area (Å²) in [6, 6.07) is 29.4. The van der Waals surface area contributed by atoms with Gasteiger partial charge >= 0.3 is 0 Å². The van der Waals surface area contributed by atoms with Crippen LogP contribution in [-0.4, -0.2) is 141 Å². The number of fused-ring (bicyclic) bond motifs is 2. The van der Waals surface area contributed by atoms with E-state index in [1.807, 2.05) is 13.0 Å². The molecule has 3 aliphatic rings. The number of hydrogen-bond acceptors (Lipinski definition) is 14. The van der Waals surface area contributed by atoms with E-state index >= 15 is 0 Å². The van der Waals surface area contributed by atoms with Gasteiger partial charge in [-0.25, -0.2) is 0 Å². The molecule has 0 radical (unpaired) electrons. The lowest BCUT2D eigenvalue weighted by Crippen LogP contribution is -2.52. The largest absolute Gasteiger partial charge is 0.405 e. The highest BCUT2D eigenvalue weighted by atomic mass is 16.7. The number of ether oxygens (including phenoxy) is 1. The predicted octanol–water partition coefficient (Wildman–Crippen LogP) is 1.05. The summed E-state index contributed by atoms with van der Waals surface area (Å²) >= 11 is 0. The molecule has 7 heterocycles. The molecule has 25 heteroatoms. The van der Waals surface area contributed by atoms with Crippen LogP contribution < -0.4 is 58.5 Å². The molecule has 0 spiro atoms. The van der Waals surface area contributed by atoms with Gasteiger partial charge in [-0.15, -0.1) is 9.46 Å². The van der Waals surface area contributed by atoms with Crippen LogP contribution in [0.2, 0.25) is 0 Å². The first-order chi connectivity index (χ1) is 41.1. The summed E-state index contributed by atoms with van der Waals surface area (Å²) in [6.07, 6.45) is 0.780.